The number of benzene rings is 2. The Hall–Kier alpha value is -3.04. The molecule has 10 heteroatoms. The summed E-state index contributed by atoms with van der Waals surface area (Å²) in [6.07, 6.45) is 3.02. The molecule has 4 rings (SSSR count). The molecule has 178 valence electrons. The van der Waals surface area contributed by atoms with Crippen LogP contribution in [0.3, 0.4) is 0 Å². The van der Waals surface area contributed by atoms with E-state index in [2.05, 4.69) is 10.1 Å². The van der Waals surface area contributed by atoms with E-state index in [1.165, 1.54) is 18.3 Å². The molecule has 34 heavy (non-hydrogen) atoms. The SMILES string of the molecule is C[C@@H](Cc1cc(F)cc(F)c1)c1ncc(N)cc1-c1ccc(Cl)c2c(CS(C)(=O)=O)nn(C)c12. The first kappa shape index (κ1) is 24.1. The molecule has 4 aromatic rings. The van der Waals surface area contributed by atoms with Crippen LogP contribution in [0.2, 0.25) is 5.02 Å². The van der Waals surface area contributed by atoms with Gasteiger partial charge in [-0.2, -0.15) is 5.10 Å². The van der Waals surface area contributed by atoms with Gasteiger partial charge < -0.3 is 5.73 Å². The first-order chi connectivity index (χ1) is 15.9. The predicted octanol–water partition coefficient (Wildman–Crippen LogP) is 5.04. The van der Waals surface area contributed by atoms with Crippen molar-refractivity contribution in [1.82, 2.24) is 14.8 Å². The maximum Gasteiger partial charge on any atom is 0.153 e. The molecule has 6 nitrogen and oxygen atoms in total. The Labute approximate surface area is 201 Å². The molecule has 0 spiro atoms. The molecule has 2 aromatic carbocycles. The summed E-state index contributed by atoms with van der Waals surface area (Å²) in [5.74, 6) is -1.75. The highest BCUT2D eigenvalue weighted by atomic mass is 35.5. The molecular formula is C24H23ClF2N4O2S. The van der Waals surface area contributed by atoms with Gasteiger partial charge in [0.05, 0.1) is 39.6 Å². The second-order valence-electron chi connectivity index (χ2n) is 8.54. The lowest BCUT2D eigenvalue weighted by atomic mass is 9.90. The van der Waals surface area contributed by atoms with Gasteiger partial charge in [0.1, 0.15) is 11.6 Å². The van der Waals surface area contributed by atoms with Gasteiger partial charge in [-0.25, -0.2) is 17.2 Å². The minimum absolute atomic E-state index is 0.216. The number of pyridine rings is 1. The highest BCUT2D eigenvalue weighted by Crippen LogP contribution is 2.39. The van der Waals surface area contributed by atoms with Gasteiger partial charge in [0.25, 0.3) is 0 Å². The Balaban J connectivity index is 1.88. The van der Waals surface area contributed by atoms with Crippen molar-refractivity contribution in [3.8, 4) is 11.1 Å². The first-order valence-corrected chi connectivity index (χ1v) is 12.9. The van der Waals surface area contributed by atoms with Crippen LogP contribution in [0.4, 0.5) is 14.5 Å². The monoisotopic (exact) mass is 504 g/mol. The maximum absolute atomic E-state index is 13.7. The number of sulfone groups is 1. The normalized spacial score (nSPS) is 12.9. The van der Waals surface area contributed by atoms with Crippen molar-refractivity contribution < 1.29 is 17.2 Å². The first-order valence-electron chi connectivity index (χ1n) is 10.5. The largest absolute Gasteiger partial charge is 0.397 e. The van der Waals surface area contributed by atoms with Crippen LogP contribution in [0, 0.1) is 11.6 Å². The van der Waals surface area contributed by atoms with E-state index in [0.717, 1.165) is 17.9 Å². The standard InChI is InChI=1S/C24H23ClF2N4O2S/c1-13(6-14-7-15(26)9-16(27)8-14)23-19(10-17(28)11-29-23)18-4-5-20(25)22-21(12-34(3,32)33)30-31(2)24(18)22/h4-5,7-11,13H,6,12,28H2,1-3H3/t13-/m0/s1. The zero-order valence-corrected chi connectivity index (χ0v) is 20.4. The van der Waals surface area contributed by atoms with Crippen LogP contribution in [-0.4, -0.2) is 29.4 Å². The summed E-state index contributed by atoms with van der Waals surface area (Å²) in [6, 6.07) is 8.71. The highest BCUT2D eigenvalue weighted by Gasteiger charge is 2.23. The predicted molar refractivity (Wildman–Crippen MR) is 130 cm³/mol. The van der Waals surface area contributed by atoms with Crippen molar-refractivity contribution in [3.05, 3.63) is 76.2 Å². The van der Waals surface area contributed by atoms with Crippen LogP contribution in [0.25, 0.3) is 22.0 Å². The van der Waals surface area contributed by atoms with Crippen LogP contribution >= 0.6 is 11.6 Å². The lowest BCUT2D eigenvalue weighted by Gasteiger charge is -2.18. The molecule has 0 unspecified atom stereocenters. The number of fused-ring (bicyclic) bond motifs is 1. The summed E-state index contributed by atoms with van der Waals surface area (Å²) in [7, 11) is -1.63. The van der Waals surface area contributed by atoms with E-state index in [1.807, 2.05) is 13.0 Å². The van der Waals surface area contributed by atoms with Gasteiger partial charge in [-0.15, -0.1) is 0 Å². The second-order valence-corrected chi connectivity index (χ2v) is 11.1. The minimum Gasteiger partial charge on any atom is -0.397 e. The Morgan fingerprint density at radius 3 is 2.44 bits per heavy atom. The number of halogens is 3. The van der Waals surface area contributed by atoms with Crippen molar-refractivity contribution in [2.24, 2.45) is 7.05 Å². The number of nitrogen functional groups attached to an aromatic ring is 1. The van der Waals surface area contributed by atoms with Gasteiger partial charge in [-0.3, -0.25) is 9.67 Å². The molecule has 2 aromatic heterocycles. The Morgan fingerprint density at radius 1 is 1.12 bits per heavy atom. The third-order valence-electron chi connectivity index (χ3n) is 5.57. The third-order valence-corrected chi connectivity index (χ3v) is 6.68. The van der Waals surface area contributed by atoms with Gasteiger partial charge in [0.2, 0.25) is 0 Å². The van der Waals surface area contributed by atoms with Crippen molar-refractivity contribution in [3.63, 3.8) is 0 Å². The Morgan fingerprint density at radius 2 is 1.79 bits per heavy atom. The lowest BCUT2D eigenvalue weighted by molar-refractivity contribution is 0.577. The van der Waals surface area contributed by atoms with Gasteiger partial charge in [0, 0.05) is 41.8 Å². The third kappa shape index (κ3) is 4.90. The van der Waals surface area contributed by atoms with Crippen LogP contribution in [0.5, 0.6) is 0 Å². The van der Waals surface area contributed by atoms with Crippen LogP contribution in [0.15, 0.2) is 42.6 Å². The quantitative estimate of drug-likeness (QED) is 0.397. The van der Waals surface area contributed by atoms with Gasteiger partial charge in [-0.1, -0.05) is 24.6 Å². The van der Waals surface area contributed by atoms with E-state index in [0.29, 0.717) is 50.5 Å². The molecule has 2 heterocycles. The number of hydrogen-bond donors (Lipinski definition) is 1. The second kappa shape index (κ2) is 8.96. The van der Waals surface area contributed by atoms with Crippen molar-refractivity contribution in [2.75, 3.05) is 12.0 Å². The molecule has 0 aliphatic heterocycles. The molecule has 0 aliphatic rings. The van der Waals surface area contributed by atoms with Crippen molar-refractivity contribution >= 4 is 38.0 Å². The van der Waals surface area contributed by atoms with E-state index in [-0.39, 0.29) is 11.7 Å². The molecule has 0 bridgehead atoms. The highest BCUT2D eigenvalue weighted by molar-refractivity contribution is 7.89. The number of nitrogens with zero attached hydrogens (tertiary/aromatic N) is 3. The maximum atomic E-state index is 13.7. The fraction of sp³-hybridized carbons (Fsp3) is 0.250. The summed E-state index contributed by atoms with van der Waals surface area (Å²) in [5, 5.41) is 5.35. The fourth-order valence-corrected chi connectivity index (χ4v) is 5.26. The average molecular weight is 505 g/mol. The molecular weight excluding hydrogens is 482 g/mol. The molecule has 0 aliphatic carbocycles. The zero-order chi connectivity index (χ0) is 24.8. The van der Waals surface area contributed by atoms with E-state index >= 15 is 0 Å². The van der Waals surface area contributed by atoms with Crippen LogP contribution < -0.4 is 5.73 Å². The van der Waals surface area contributed by atoms with E-state index in [9.17, 15) is 17.2 Å². The van der Waals surface area contributed by atoms with Crippen LogP contribution in [-0.2, 0) is 29.1 Å². The molecule has 0 fully saturated rings. The number of aromatic nitrogens is 3. The summed E-state index contributed by atoms with van der Waals surface area (Å²) in [5.41, 5.74) is 10.1. The number of rotatable bonds is 6. The van der Waals surface area contributed by atoms with Crippen molar-refractivity contribution in [1.29, 1.82) is 0 Å². The number of hydrogen-bond acceptors (Lipinski definition) is 5. The zero-order valence-electron chi connectivity index (χ0n) is 18.8. The molecule has 2 N–H and O–H groups in total. The smallest absolute Gasteiger partial charge is 0.153 e. The number of nitrogens with two attached hydrogens (primary N) is 1. The lowest BCUT2D eigenvalue weighted by Crippen LogP contribution is -2.06. The molecule has 1 atom stereocenters. The molecule has 0 saturated carbocycles. The molecule has 0 amide bonds. The Kier molecular flexibility index (Phi) is 6.35. The van der Waals surface area contributed by atoms with E-state index < -0.39 is 21.5 Å². The van der Waals surface area contributed by atoms with Crippen molar-refractivity contribution in [2.45, 2.75) is 25.0 Å². The van der Waals surface area contributed by atoms with E-state index in [4.69, 9.17) is 17.3 Å². The van der Waals surface area contributed by atoms with Crippen LogP contribution in [0.1, 0.15) is 29.8 Å². The minimum atomic E-state index is -3.35. The molecule has 0 radical (unpaired) electrons. The Bertz CT molecular complexity index is 1500. The fourth-order valence-electron chi connectivity index (χ4n) is 4.30. The van der Waals surface area contributed by atoms with E-state index in [1.54, 1.807) is 23.9 Å². The van der Waals surface area contributed by atoms with Gasteiger partial charge in [-0.05, 0) is 36.2 Å². The summed E-state index contributed by atoms with van der Waals surface area (Å²) in [4.78, 5) is 4.55. The topological polar surface area (TPSA) is 90.9 Å². The average Bonchev–Trinajstić information content (AvgIpc) is 3.02. The summed E-state index contributed by atoms with van der Waals surface area (Å²) in [6.45, 7) is 1.91. The summed E-state index contributed by atoms with van der Waals surface area (Å²) >= 11 is 6.47. The van der Waals surface area contributed by atoms with Gasteiger partial charge in [0.15, 0.2) is 9.84 Å². The number of aryl methyl sites for hydroxylation is 1. The summed E-state index contributed by atoms with van der Waals surface area (Å²) < 4.78 is 52.9. The van der Waals surface area contributed by atoms with Gasteiger partial charge >= 0.3 is 0 Å². The molecule has 0 saturated heterocycles. The number of anilines is 1.